The Hall–Kier alpha value is -2.44. The SMILES string of the molecule is CCc1cn[nH]c1C1CCN(c2cncc(C(N)=O)n2)CC1. The van der Waals surface area contributed by atoms with Gasteiger partial charge in [0.25, 0.3) is 5.91 Å². The number of hydrogen-bond donors (Lipinski definition) is 2. The average Bonchev–Trinajstić information content (AvgIpc) is 3.04. The molecule has 0 spiro atoms. The van der Waals surface area contributed by atoms with Crippen LogP contribution in [0.3, 0.4) is 0 Å². The van der Waals surface area contributed by atoms with Gasteiger partial charge in [0.2, 0.25) is 0 Å². The third-order valence-electron chi connectivity index (χ3n) is 4.23. The lowest BCUT2D eigenvalue weighted by atomic mass is 9.91. The number of hydrogen-bond acceptors (Lipinski definition) is 5. The first kappa shape index (κ1) is 14.5. The number of carbonyl (C=O) groups is 1. The molecule has 0 radical (unpaired) electrons. The number of amides is 1. The minimum Gasteiger partial charge on any atom is -0.364 e. The molecule has 2 aromatic rings. The molecule has 0 aromatic carbocycles. The summed E-state index contributed by atoms with van der Waals surface area (Å²) in [6, 6.07) is 0. The van der Waals surface area contributed by atoms with Crippen LogP contribution in [0.2, 0.25) is 0 Å². The summed E-state index contributed by atoms with van der Waals surface area (Å²) in [7, 11) is 0. The number of nitrogens with zero attached hydrogens (tertiary/aromatic N) is 4. The summed E-state index contributed by atoms with van der Waals surface area (Å²) >= 11 is 0. The lowest BCUT2D eigenvalue weighted by Gasteiger charge is -2.32. The highest BCUT2D eigenvalue weighted by Crippen LogP contribution is 2.30. The molecule has 0 atom stereocenters. The maximum atomic E-state index is 11.2. The minimum atomic E-state index is -0.547. The molecule has 1 amide bonds. The second-order valence-electron chi connectivity index (χ2n) is 5.55. The first-order valence-electron chi connectivity index (χ1n) is 7.58. The molecule has 0 bridgehead atoms. The van der Waals surface area contributed by atoms with E-state index in [1.165, 1.54) is 17.5 Å². The highest BCUT2D eigenvalue weighted by molar-refractivity contribution is 5.90. The molecule has 1 aliphatic rings. The predicted molar refractivity (Wildman–Crippen MR) is 82.7 cm³/mol. The molecule has 7 nitrogen and oxygen atoms in total. The number of anilines is 1. The van der Waals surface area contributed by atoms with Crippen molar-refractivity contribution in [3.8, 4) is 0 Å². The van der Waals surface area contributed by atoms with Crippen LogP contribution < -0.4 is 10.6 Å². The van der Waals surface area contributed by atoms with Gasteiger partial charge in [-0.1, -0.05) is 6.92 Å². The first-order chi connectivity index (χ1) is 10.7. The molecule has 116 valence electrons. The average molecular weight is 300 g/mol. The molecule has 1 fully saturated rings. The van der Waals surface area contributed by atoms with Crippen LogP contribution >= 0.6 is 0 Å². The van der Waals surface area contributed by atoms with Crippen LogP contribution in [0.15, 0.2) is 18.6 Å². The zero-order valence-corrected chi connectivity index (χ0v) is 12.6. The molecule has 0 aliphatic carbocycles. The molecule has 7 heteroatoms. The van der Waals surface area contributed by atoms with E-state index in [2.05, 4.69) is 32.0 Å². The van der Waals surface area contributed by atoms with Gasteiger partial charge >= 0.3 is 0 Å². The largest absolute Gasteiger partial charge is 0.364 e. The van der Waals surface area contributed by atoms with E-state index < -0.39 is 5.91 Å². The highest BCUT2D eigenvalue weighted by Gasteiger charge is 2.24. The molecule has 0 unspecified atom stereocenters. The van der Waals surface area contributed by atoms with Gasteiger partial charge < -0.3 is 10.6 Å². The second kappa shape index (κ2) is 6.13. The monoisotopic (exact) mass is 300 g/mol. The van der Waals surface area contributed by atoms with Gasteiger partial charge in [-0.05, 0) is 24.8 Å². The fraction of sp³-hybridized carbons (Fsp3) is 0.467. The number of nitrogens with one attached hydrogen (secondary N) is 1. The van der Waals surface area contributed by atoms with Crippen molar-refractivity contribution < 1.29 is 4.79 Å². The fourth-order valence-electron chi connectivity index (χ4n) is 2.98. The molecule has 3 N–H and O–H groups in total. The number of carbonyl (C=O) groups excluding carboxylic acids is 1. The third-order valence-corrected chi connectivity index (χ3v) is 4.23. The summed E-state index contributed by atoms with van der Waals surface area (Å²) in [5, 5.41) is 7.31. The van der Waals surface area contributed by atoms with Crippen molar-refractivity contribution in [1.82, 2.24) is 20.2 Å². The van der Waals surface area contributed by atoms with E-state index in [-0.39, 0.29) is 5.69 Å². The van der Waals surface area contributed by atoms with E-state index in [0.29, 0.717) is 5.92 Å². The Kier molecular flexibility index (Phi) is 4.04. The second-order valence-corrected chi connectivity index (χ2v) is 5.55. The Balaban J connectivity index is 1.69. The van der Waals surface area contributed by atoms with E-state index in [9.17, 15) is 4.79 Å². The molecule has 2 aromatic heterocycles. The van der Waals surface area contributed by atoms with E-state index in [1.807, 2.05) is 6.20 Å². The summed E-state index contributed by atoms with van der Waals surface area (Å²) < 4.78 is 0. The molecule has 22 heavy (non-hydrogen) atoms. The van der Waals surface area contributed by atoms with Crippen LogP contribution in [0.25, 0.3) is 0 Å². The molecule has 3 rings (SSSR count). The van der Waals surface area contributed by atoms with Gasteiger partial charge in [0.1, 0.15) is 11.5 Å². The number of piperidine rings is 1. The minimum absolute atomic E-state index is 0.210. The third kappa shape index (κ3) is 2.79. The Labute approximate surface area is 129 Å². The number of rotatable bonds is 4. The number of primary amides is 1. The number of nitrogens with two attached hydrogens (primary N) is 1. The maximum Gasteiger partial charge on any atom is 0.268 e. The zero-order valence-electron chi connectivity index (χ0n) is 12.6. The van der Waals surface area contributed by atoms with Crippen LogP contribution in [-0.2, 0) is 6.42 Å². The van der Waals surface area contributed by atoms with Gasteiger partial charge in [0, 0.05) is 24.7 Å². The van der Waals surface area contributed by atoms with Crippen molar-refractivity contribution in [3.63, 3.8) is 0 Å². The van der Waals surface area contributed by atoms with E-state index in [1.54, 1.807) is 6.20 Å². The van der Waals surface area contributed by atoms with Gasteiger partial charge in [-0.15, -0.1) is 0 Å². The summed E-state index contributed by atoms with van der Waals surface area (Å²) in [6.07, 6.45) is 8.05. The van der Waals surface area contributed by atoms with Gasteiger partial charge in [0.15, 0.2) is 0 Å². The van der Waals surface area contributed by atoms with E-state index >= 15 is 0 Å². The number of aryl methyl sites for hydroxylation is 1. The highest BCUT2D eigenvalue weighted by atomic mass is 16.1. The zero-order chi connectivity index (χ0) is 15.5. The lowest BCUT2D eigenvalue weighted by molar-refractivity contribution is 0.0995. The summed E-state index contributed by atoms with van der Waals surface area (Å²) in [4.78, 5) is 21.7. The molecule has 1 aliphatic heterocycles. The smallest absolute Gasteiger partial charge is 0.268 e. The standard InChI is InChI=1S/C15H20N6O/c1-2-10-7-18-20-14(10)11-3-5-21(6-4-11)13-9-17-8-12(19-13)15(16)22/h7-9,11H,2-6H2,1H3,(H2,16,22)(H,18,20). The van der Waals surface area contributed by atoms with Crippen molar-refractivity contribution in [1.29, 1.82) is 0 Å². The van der Waals surface area contributed by atoms with Gasteiger partial charge in [-0.25, -0.2) is 4.98 Å². The van der Waals surface area contributed by atoms with Crippen molar-refractivity contribution in [2.75, 3.05) is 18.0 Å². The Morgan fingerprint density at radius 2 is 2.14 bits per heavy atom. The molecule has 1 saturated heterocycles. The Bertz CT molecular complexity index is 660. The van der Waals surface area contributed by atoms with Gasteiger partial charge in [-0.2, -0.15) is 5.10 Å². The fourth-order valence-corrected chi connectivity index (χ4v) is 2.98. The lowest BCUT2D eigenvalue weighted by Crippen LogP contribution is -2.34. The van der Waals surface area contributed by atoms with E-state index in [4.69, 9.17) is 5.73 Å². The Morgan fingerprint density at radius 3 is 2.82 bits per heavy atom. The van der Waals surface area contributed by atoms with Crippen molar-refractivity contribution in [2.24, 2.45) is 5.73 Å². The first-order valence-corrected chi connectivity index (χ1v) is 7.58. The van der Waals surface area contributed by atoms with E-state index in [0.717, 1.165) is 38.2 Å². The molecular formula is C15H20N6O. The van der Waals surface area contributed by atoms with Crippen LogP contribution in [0.4, 0.5) is 5.82 Å². The van der Waals surface area contributed by atoms with Gasteiger partial charge in [0.05, 0.1) is 18.6 Å². The van der Waals surface area contributed by atoms with Crippen LogP contribution in [0, 0.1) is 0 Å². The quantitative estimate of drug-likeness (QED) is 0.885. The predicted octanol–water partition coefficient (Wildman–Crippen LogP) is 1.24. The van der Waals surface area contributed by atoms with Crippen LogP contribution in [0.5, 0.6) is 0 Å². The topological polar surface area (TPSA) is 101 Å². The molecular weight excluding hydrogens is 280 g/mol. The number of aromatic nitrogens is 4. The maximum absolute atomic E-state index is 11.2. The summed E-state index contributed by atoms with van der Waals surface area (Å²) in [6.45, 7) is 3.90. The molecule has 3 heterocycles. The Morgan fingerprint density at radius 1 is 1.36 bits per heavy atom. The summed E-state index contributed by atoms with van der Waals surface area (Å²) in [5.41, 5.74) is 8.03. The number of aromatic amines is 1. The van der Waals surface area contributed by atoms with Crippen molar-refractivity contribution >= 4 is 11.7 Å². The van der Waals surface area contributed by atoms with Crippen LogP contribution in [0.1, 0.15) is 47.4 Å². The van der Waals surface area contributed by atoms with Gasteiger partial charge in [-0.3, -0.25) is 14.9 Å². The summed E-state index contributed by atoms with van der Waals surface area (Å²) in [5.74, 6) is 0.672. The van der Waals surface area contributed by atoms with Crippen LogP contribution in [-0.4, -0.2) is 39.2 Å². The van der Waals surface area contributed by atoms with Crippen molar-refractivity contribution in [2.45, 2.75) is 32.1 Å². The normalized spacial score (nSPS) is 16.0. The molecule has 0 saturated carbocycles. The number of H-pyrrole nitrogens is 1. The van der Waals surface area contributed by atoms with Crippen molar-refractivity contribution in [3.05, 3.63) is 35.5 Å².